The average Bonchev–Trinajstić information content (AvgIpc) is 3.07. The molecule has 0 bridgehead atoms. The molecule has 0 amide bonds. The number of fused-ring (bicyclic) bond motifs is 1. The molecular weight excluding hydrogens is 410 g/mol. The number of hydrogen-bond acceptors (Lipinski definition) is 8. The van der Waals surface area contributed by atoms with E-state index in [1.165, 1.54) is 0 Å². The zero-order valence-electron chi connectivity index (χ0n) is 18.1. The molecule has 1 aliphatic rings. The molecular formula is C24H23N3O5. The number of esters is 1. The molecule has 0 fully saturated rings. The van der Waals surface area contributed by atoms with Crippen LogP contribution < -0.4 is 14.5 Å². The molecule has 0 radical (unpaired) electrons. The molecule has 0 aliphatic carbocycles. The summed E-state index contributed by atoms with van der Waals surface area (Å²) < 4.78 is 10.3. The van der Waals surface area contributed by atoms with Crippen LogP contribution in [0.25, 0.3) is 0 Å². The molecule has 32 heavy (non-hydrogen) atoms. The van der Waals surface area contributed by atoms with E-state index < -0.39 is 25.0 Å². The molecule has 2 aromatic rings. The maximum Gasteiger partial charge on any atom is 0.344 e. The Labute approximate surface area is 186 Å². The quantitative estimate of drug-likeness (QED) is 0.271. The molecule has 0 unspecified atom stereocenters. The Morgan fingerprint density at radius 1 is 0.938 bits per heavy atom. The van der Waals surface area contributed by atoms with Crippen LogP contribution in [0, 0.1) is 11.3 Å². The summed E-state index contributed by atoms with van der Waals surface area (Å²) in [4.78, 5) is 39.8. The van der Waals surface area contributed by atoms with Gasteiger partial charge in [-0.15, -0.1) is 0 Å². The lowest BCUT2D eigenvalue weighted by atomic mass is 10.1. The molecule has 0 saturated heterocycles. The number of nitrogens with zero attached hydrogens (tertiary/aromatic N) is 3. The van der Waals surface area contributed by atoms with E-state index in [4.69, 9.17) is 9.47 Å². The number of nitriles is 1. The molecule has 8 nitrogen and oxygen atoms in total. The number of rotatable bonds is 8. The molecule has 164 valence electrons. The zero-order chi connectivity index (χ0) is 23.3. The monoisotopic (exact) mass is 433 g/mol. The second kappa shape index (κ2) is 9.79. The Hall–Kier alpha value is -4.12. The van der Waals surface area contributed by atoms with Gasteiger partial charge in [-0.25, -0.2) is 4.79 Å². The summed E-state index contributed by atoms with van der Waals surface area (Å²) in [6, 6.07) is 15.9. The molecule has 1 heterocycles. The summed E-state index contributed by atoms with van der Waals surface area (Å²) in [7, 11) is 3.53. The molecule has 3 rings (SSSR count). The van der Waals surface area contributed by atoms with Gasteiger partial charge in [0.2, 0.25) is 5.78 Å². The van der Waals surface area contributed by atoms with Crippen molar-refractivity contribution in [3.05, 3.63) is 65.5 Å². The number of ether oxygens (including phenoxy) is 2. The zero-order valence-corrected chi connectivity index (χ0v) is 18.1. The highest BCUT2D eigenvalue weighted by atomic mass is 16.6. The highest BCUT2D eigenvalue weighted by Gasteiger charge is 2.31. The highest BCUT2D eigenvalue weighted by molar-refractivity contribution is 6.03. The van der Waals surface area contributed by atoms with Gasteiger partial charge in [-0.2, -0.15) is 5.26 Å². The Kier molecular flexibility index (Phi) is 6.90. The first-order valence-electron chi connectivity index (χ1n) is 10.0. The van der Waals surface area contributed by atoms with Gasteiger partial charge in [-0.1, -0.05) is 19.1 Å². The van der Waals surface area contributed by atoms with Gasteiger partial charge >= 0.3 is 5.97 Å². The lowest BCUT2D eigenvalue weighted by Gasteiger charge is -2.19. The van der Waals surface area contributed by atoms with E-state index in [9.17, 15) is 19.6 Å². The van der Waals surface area contributed by atoms with E-state index in [0.717, 1.165) is 11.4 Å². The van der Waals surface area contributed by atoms with Crippen molar-refractivity contribution in [1.29, 1.82) is 5.26 Å². The lowest BCUT2D eigenvalue weighted by molar-refractivity contribution is -0.149. The van der Waals surface area contributed by atoms with Crippen molar-refractivity contribution in [1.82, 2.24) is 0 Å². The van der Waals surface area contributed by atoms with Crippen LogP contribution in [0.5, 0.6) is 5.75 Å². The molecule has 2 aromatic carbocycles. The fourth-order valence-corrected chi connectivity index (χ4v) is 3.40. The van der Waals surface area contributed by atoms with Crippen LogP contribution in [0.3, 0.4) is 0 Å². The second-order valence-electron chi connectivity index (χ2n) is 7.09. The number of carbonyl (C=O) groups is 3. The standard InChI is InChI=1S/C24H23N3O5/c1-4-21(28)16-9-11-17(12-10-16)31-15-23(30)32-14-22(29)18(13-25)24-26(2)19-7-5-6-8-20(19)27(24)3/h5-12H,4,14-15H2,1-3H3. The number of Topliss-reactive ketones (excluding diaryl/α,β-unsaturated/α-hetero) is 2. The molecule has 0 saturated carbocycles. The second-order valence-corrected chi connectivity index (χ2v) is 7.09. The fourth-order valence-electron chi connectivity index (χ4n) is 3.40. The van der Waals surface area contributed by atoms with Crippen molar-refractivity contribution in [3.8, 4) is 11.8 Å². The van der Waals surface area contributed by atoms with Crippen molar-refractivity contribution in [2.45, 2.75) is 13.3 Å². The van der Waals surface area contributed by atoms with Crippen molar-refractivity contribution in [2.24, 2.45) is 0 Å². The largest absolute Gasteiger partial charge is 0.482 e. The number of ketones is 2. The van der Waals surface area contributed by atoms with Gasteiger partial charge in [0.05, 0.1) is 11.4 Å². The third-order valence-electron chi connectivity index (χ3n) is 5.07. The molecule has 0 spiro atoms. The normalized spacial score (nSPS) is 12.1. The van der Waals surface area contributed by atoms with Crippen LogP contribution in [0.4, 0.5) is 11.4 Å². The molecule has 0 N–H and O–H groups in total. The predicted molar refractivity (Wildman–Crippen MR) is 118 cm³/mol. The van der Waals surface area contributed by atoms with Crippen molar-refractivity contribution >= 4 is 28.9 Å². The summed E-state index contributed by atoms with van der Waals surface area (Å²) >= 11 is 0. The fraction of sp³-hybridized carbons (Fsp3) is 0.250. The van der Waals surface area contributed by atoms with Gasteiger partial charge in [-0.3, -0.25) is 9.59 Å². The minimum atomic E-state index is -0.745. The van der Waals surface area contributed by atoms with Gasteiger partial charge in [0, 0.05) is 26.1 Å². The number of benzene rings is 2. The van der Waals surface area contributed by atoms with Gasteiger partial charge < -0.3 is 19.3 Å². The smallest absolute Gasteiger partial charge is 0.344 e. The van der Waals surface area contributed by atoms with Crippen LogP contribution in [0.1, 0.15) is 23.7 Å². The Morgan fingerprint density at radius 3 is 2.06 bits per heavy atom. The number of carbonyl (C=O) groups excluding carboxylic acids is 3. The lowest BCUT2D eigenvalue weighted by Crippen LogP contribution is -2.28. The van der Waals surface area contributed by atoms with Crippen LogP contribution in [-0.4, -0.2) is 44.8 Å². The number of hydrogen-bond donors (Lipinski definition) is 0. The maximum absolute atomic E-state index is 12.6. The Balaban J connectivity index is 1.59. The molecule has 0 atom stereocenters. The third kappa shape index (κ3) is 4.62. The number of anilines is 2. The SMILES string of the molecule is CCC(=O)c1ccc(OCC(=O)OCC(=O)C(C#N)=C2N(C)c3ccccc3N2C)cc1. The van der Waals surface area contributed by atoms with Gasteiger partial charge in [0.25, 0.3) is 0 Å². The summed E-state index contributed by atoms with van der Waals surface area (Å²) in [5.74, 6) is -0.519. The van der Waals surface area contributed by atoms with E-state index in [1.807, 2.05) is 30.3 Å². The minimum absolute atomic E-state index is 0.0125. The first-order chi connectivity index (χ1) is 15.4. The van der Waals surface area contributed by atoms with E-state index >= 15 is 0 Å². The number of para-hydroxylation sites is 2. The van der Waals surface area contributed by atoms with Crippen molar-refractivity contribution in [3.63, 3.8) is 0 Å². The predicted octanol–water partition coefficient (Wildman–Crippen LogP) is 3.09. The van der Waals surface area contributed by atoms with E-state index in [0.29, 0.717) is 23.6 Å². The molecule has 8 heteroatoms. The van der Waals surface area contributed by atoms with Crippen LogP contribution in [0.2, 0.25) is 0 Å². The summed E-state index contributed by atoms with van der Waals surface area (Å²) in [5.41, 5.74) is 2.19. The van der Waals surface area contributed by atoms with Gasteiger partial charge in [0.1, 0.15) is 23.2 Å². The van der Waals surface area contributed by atoms with Gasteiger partial charge in [0.15, 0.2) is 19.0 Å². The van der Waals surface area contributed by atoms with E-state index in [2.05, 4.69) is 0 Å². The average molecular weight is 433 g/mol. The van der Waals surface area contributed by atoms with Gasteiger partial charge in [-0.05, 0) is 36.4 Å². The third-order valence-corrected chi connectivity index (χ3v) is 5.07. The van der Waals surface area contributed by atoms with Crippen molar-refractivity contribution < 1.29 is 23.9 Å². The first kappa shape index (κ1) is 22.6. The maximum atomic E-state index is 12.6. The van der Waals surface area contributed by atoms with Crippen LogP contribution >= 0.6 is 0 Å². The summed E-state index contributed by atoms with van der Waals surface area (Å²) in [6.07, 6.45) is 0.402. The molecule has 1 aliphatic heterocycles. The first-order valence-corrected chi connectivity index (χ1v) is 10.0. The highest BCUT2D eigenvalue weighted by Crippen LogP contribution is 2.40. The van der Waals surface area contributed by atoms with E-state index in [1.54, 1.807) is 55.1 Å². The molecule has 0 aromatic heterocycles. The summed E-state index contributed by atoms with van der Waals surface area (Å²) in [6.45, 7) is 0.800. The minimum Gasteiger partial charge on any atom is -0.482 e. The summed E-state index contributed by atoms with van der Waals surface area (Å²) in [5, 5.41) is 9.60. The Morgan fingerprint density at radius 2 is 1.53 bits per heavy atom. The Bertz CT molecular complexity index is 1080. The van der Waals surface area contributed by atoms with Crippen LogP contribution in [-0.2, 0) is 14.3 Å². The van der Waals surface area contributed by atoms with Crippen molar-refractivity contribution in [2.75, 3.05) is 37.1 Å². The topological polar surface area (TPSA) is 99.9 Å². The van der Waals surface area contributed by atoms with Crippen LogP contribution in [0.15, 0.2) is 59.9 Å². The van der Waals surface area contributed by atoms with E-state index in [-0.39, 0.29) is 11.4 Å².